The van der Waals surface area contributed by atoms with Crippen LogP contribution >= 0.6 is 7.82 Å². The van der Waals surface area contributed by atoms with Crippen molar-refractivity contribution in [3.8, 4) is 0 Å². The molecular weight excluding hydrogens is 591 g/mol. The van der Waals surface area contributed by atoms with E-state index in [-0.39, 0.29) is 17.3 Å². The Morgan fingerprint density at radius 1 is 1.11 bits per heavy atom. The van der Waals surface area contributed by atoms with Crippen LogP contribution in [0.15, 0.2) is 41.4 Å². The van der Waals surface area contributed by atoms with E-state index in [4.69, 9.17) is 9.79 Å². The van der Waals surface area contributed by atoms with Gasteiger partial charge in [0.25, 0.3) is 5.91 Å². The second kappa shape index (κ2) is 10.4. The lowest BCUT2D eigenvalue weighted by molar-refractivity contribution is -0.123. The van der Waals surface area contributed by atoms with Gasteiger partial charge in [0.2, 0.25) is 0 Å². The van der Waals surface area contributed by atoms with Crippen LogP contribution in [0.3, 0.4) is 0 Å². The van der Waals surface area contributed by atoms with Crippen molar-refractivity contribution in [3.63, 3.8) is 0 Å². The van der Waals surface area contributed by atoms with Crippen molar-refractivity contribution < 1.29 is 43.8 Å². The third-order valence-corrected chi connectivity index (χ3v) is 10.1. The molecule has 14 heteroatoms. The molecule has 13 nitrogen and oxygen atoms in total. The molecule has 236 valence electrons. The first kappa shape index (κ1) is 30.8. The van der Waals surface area contributed by atoms with E-state index in [1.807, 2.05) is 50.2 Å². The number of nitrogens with zero attached hydrogens (tertiary/aromatic N) is 3. The molecule has 2 aromatic rings. The predicted octanol–water partition coefficient (Wildman–Crippen LogP) is 1.75. The fraction of sp³-hybridized carbons (Fsp3) is 0.500. The minimum atomic E-state index is -4.95. The van der Waals surface area contributed by atoms with E-state index in [1.54, 1.807) is 4.90 Å². The number of carbonyl (C=O) groups excluding carboxylic acids is 2. The maximum atomic E-state index is 14.4. The Morgan fingerprint density at radius 3 is 2.45 bits per heavy atom. The van der Waals surface area contributed by atoms with Crippen LogP contribution in [0.25, 0.3) is 0 Å². The lowest BCUT2D eigenvalue weighted by Crippen LogP contribution is -2.74. The number of rotatable bonds is 8. The minimum absolute atomic E-state index is 0.0861. The van der Waals surface area contributed by atoms with Gasteiger partial charge in [0.1, 0.15) is 18.3 Å². The van der Waals surface area contributed by atoms with E-state index in [9.17, 15) is 29.5 Å². The monoisotopic (exact) mass is 628 g/mol. The normalized spacial score (nSPS) is 27.2. The number of hydrogen-bond donors (Lipinski definition) is 6. The second-order valence-corrected chi connectivity index (χ2v) is 14.1. The van der Waals surface area contributed by atoms with Crippen LogP contribution in [-0.2, 0) is 19.3 Å². The minimum Gasteiger partial charge on any atom is -0.388 e. The number of phosphoric acid groups is 1. The van der Waals surface area contributed by atoms with E-state index in [2.05, 4.69) is 33.6 Å². The smallest absolute Gasteiger partial charge is 0.388 e. The molecule has 1 unspecified atom stereocenters. The first-order valence-corrected chi connectivity index (χ1v) is 16.1. The van der Waals surface area contributed by atoms with Gasteiger partial charge in [0, 0.05) is 12.0 Å². The summed E-state index contributed by atoms with van der Waals surface area (Å²) in [4.78, 5) is 53.4. The van der Waals surface area contributed by atoms with Crippen molar-refractivity contribution >= 4 is 37.0 Å². The highest BCUT2D eigenvalue weighted by atomic mass is 31.2. The van der Waals surface area contributed by atoms with E-state index in [0.29, 0.717) is 12.1 Å². The molecule has 6 atom stereocenters. The highest BCUT2D eigenvalue weighted by molar-refractivity contribution is 7.46. The van der Waals surface area contributed by atoms with Gasteiger partial charge in [-0.15, -0.1) is 0 Å². The Labute approximate surface area is 254 Å². The fourth-order valence-corrected chi connectivity index (χ4v) is 8.22. The summed E-state index contributed by atoms with van der Waals surface area (Å²) in [5.41, 5.74) is 3.55. The average molecular weight is 629 g/mol. The molecule has 1 fully saturated rings. The van der Waals surface area contributed by atoms with Crippen LogP contribution in [-0.4, -0.2) is 85.9 Å². The number of aliphatic hydroxyl groups is 3. The highest BCUT2D eigenvalue weighted by Crippen LogP contribution is 2.62. The van der Waals surface area contributed by atoms with Crippen molar-refractivity contribution in [2.24, 2.45) is 4.99 Å². The summed E-state index contributed by atoms with van der Waals surface area (Å²) >= 11 is 0. The third-order valence-electron chi connectivity index (χ3n) is 9.65. The zero-order valence-electron chi connectivity index (χ0n) is 24.8. The Kier molecular flexibility index (Phi) is 7.33. The maximum absolute atomic E-state index is 14.4. The molecule has 44 heavy (non-hydrogen) atoms. The fourth-order valence-electron chi connectivity index (χ4n) is 7.88. The van der Waals surface area contributed by atoms with E-state index in [0.717, 1.165) is 34.4 Å². The van der Waals surface area contributed by atoms with E-state index >= 15 is 0 Å². The lowest BCUT2D eigenvalue weighted by atomic mass is 9.70. The van der Waals surface area contributed by atoms with Gasteiger partial charge in [-0.1, -0.05) is 44.2 Å². The number of hydrogen-bond acceptors (Lipinski definition) is 9. The Morgan fingerprint density at radius 2 is 1.80 bits per heavy atom. The van der Waals surface area contributed by atoms with Crippen LogP contribution in [0, 0.1) is 13.8 Å². The summed E-state index contributed by atoms with van der Waals surface area (Å²) < 4.78 is 15.5. The largest absolute Gasteiger partial charge is 0.469 e. The van der Waals surface area contributed by atoms with Crippen molar-refractivity contribution in [2.75, 3.05) is 23.0 Å². The van der Waals surface area contributed by atoms with Crippen molar-refractivity contribution in [1.29, 1.82) is 0 Å². The summed E-state index contributed by atoms with van der Waals surface area (Å²) in [7, 11) is -4.95. The molecular formula is C30H37N4O9P. The van der Waals surface area contributed by atoms with Crippen LogP contribution in [0.1, 0.15) is 54.9 Å². The molecule has 1 saturated heterocycles. The Balaban J connectivity index is 1.56. The van der Waals surface area contributed by atoms with Crippen molar-refractivity contribution in [1.82, 2.24) is 5.32 Å². The van der Waals surface area contributed by atoms with Crippen LogP contribution in [0.5, 0.6) is 0 Å². The van der Waals surface area contributed by atoms with Crippen molar-refractivity contribution in [3.05, 3.63) is 58.7 Å². The average Bonchev–Trinajstić information content (AvgIpc) is 3.28. The number of anilines is 2. The van der Waals surface area contributed by atoms with E-state index < -0.39 is 62.7 Å². The van der Waals surface area contributed by atoms with E-state index in [1.165, 1.54) is 0 Å². The quantitative estimate of drug-likeness (QED) is 0.233. The first-order chi connectivity index (χ1) is 20.6. The molecule has 0 aromatic heterocycles. The second-order valence-electron chi connectivity index (χ2n) is 12.9. The summed E-state index contributed by atoms with van der Waals surface area (Å²) in [6, 6.07) is 10.5. The van der Waals surface area contributed by atoms with Gasteiger partial charge in [0.15, 0.2) is 11.4 Å². The molecule has 6 rings (SSSR count). The number of aryl methyl sites for hydroxylation is 1. The molecule has 0 radical (unpaired) electrons. The number of aliphatic hydroxyl groups excluding tert-OH is 3. The third kappa shape index (κ3) is 4.61. The topological polar surface area (TPSA) is 192 Å². The molecule has 4 aliphatic rings. The van der Waals surface area contributed by atoms with Gasteiger partial charge in [-0.25, -0.2) is 9.36 Å². The summed E-state index contributed by atoms with van der Waals surface area (Å²) in [6.07, 6.45) is -4.12. The number of amides is 3. The lowest BCUT2D eigenvalue weighted by Gasteiger charge is -2.57. The molecule has 2 aromatic carbocycles. The van der Waals surface area contributed by atoms with Gasteiger partial charge in [-0.05, 0) is 60.4 Å². The highest BCUT2D eigenvalue weighted by Gasteiger charge is 2.69. The number of nitrogens with one attached hydrogen (secondary N) is 1. The van der Waals surface area contributed by atoms with Crippen LogP contribution < -0.4 is 15.1 Å². The van der Waals surface area contributed by atoms with Gasteiger partial charge in [0.05, 0.1) is 24.5 Å². The SMILES string of the molecule is Cc1cc2c3c(c1C)C(C)(C)C[C@H]1CC(c4ccccc4)[C@]4(C(=O)NC(=O)N=C4N2C[C@H](O)[C@H](O)[C@H](O)COP(=O)(O)O)N31. The van der Waals surface area contributed by atoms with Gasteiger partial charge >= 0.3 is 13.9 Å². The molecule has 0 saturated carbocycles. The molecule has 1 spiro atoms. The maximum Gasteiger partial charge on any atom is 0.469 e. The molecule has 6 N–H and O–H groups in total. The number of aliphatic imine (C=N–C) groups is 1. The molecule has 0 aliphatic carbocycles. The Bertz CT molecular complexity index is 1610. The first-order valence-electron chi connectivity index (χ1n) is 14.5. The summed E-state index contributed by atoms with van der Waals surface area (Å²) in [5.74, 6) is -0.853. The number of β-amino-alcohol motifs (C(OH)–C–C–N with tert-alkyl or cyclic N) is 1. The number of phosphoric ester groups is 1. The predicted molar refractivity (Wildman–Crippen MR) is 161 cm³/mol. The Hall–Kier alpha value is -3.16. The number of imide groups is 1. The number of benzene rings is 2. The molecule has 3 amide bonds. The standard InChI is InChI=1S/C30H37N4O9P/c1-15-10-20-24-23(16(15)2)29(3,4)12-18-11-19(17-8-6-5-7-9-17)30(34(18)24)26(31-28(39)32-27(30)38)33(20)13-21(35)25(37)22(36)14-43-44(40,41)42/h5-10,18-19,21-22,25,35-37H,11-14H2,1-4H3,(H,32,38,39)(H2,40,41,42)/t18-,19?,21+,22-,25+,30+/m1/s1. The molecule has 0 bridgehead atoms. The summed E-state index contributed by atoms with van der Waals surface area (Å²) in [6.45, 7) is 7.00. The van der Waals surface area contributed by atoms with Gasteiger partial charge in [-0.2, -0.15) is 4.99 Å². The molecule has 4 aliphatic heterocycles. The van der Waals surface area contributed by atoms with Gasteiger partial charge in [-0.3, -0.25) is 14.6 Å². The molecule has 4 heterocycles. The number of carbonyl (C=O) groups is 2. The van der Waals surface area contributed by atoms with Crippen LogP contribution in [0.4, 0.5) is 16.2 Å². The van der Waals surface area contributed by atoms with Gasteiger partial charge < -0.3 is 34.9 Å². The number of amidine groups is 1. The van der Waals surface area contributed by atoms with Crippen molar-refractivity contribution in [2.45, 2.75) is 81.8 Å². The zero-order chi connectivity index (χ0) is 31.9. The summed E-state index contributed by atoms with van der Waals surface area (Å²) in [5, 5.41) is 34.9. The zero-order valence-corrected chi connectivity index (χ0v) is 25.7. The van der Waals surface area contributed by atoms with Crippen LogP contribution in [0.2, 0.25) is 0 Å². The number of urea groups is 1.